The van der Waals surface area contributed by atoms with E-state index in [2.05, 4.69) is 4.98 Å². The summed E-state index contributed by atoms with van der Waals surface area (Å²) in [6.45, 7) is 0. The van der Waals surface area contributed by atoms with Gasteiger partial charge in [-0.15, -0.1) is 11.3 Å². The van der Waals surface area contributed by atoms with Gasteiger partial charge in [0.2, 0.25) is 5.91 Å². The number of benzene rings is 1. The molecular formula is C11H12N2O3S. The quantitative estimate of drug-likeness (QED) is 0.741. The minimum absolute atomic E-state index is 0.262. The van der Waals surface area contributed by atoms with Gasteiger partial charge in [0, 0.05) is 0 Å². The minimum Gasteiger partial charge on any atom is -0.390 e. The highest BCUT2D eigenvalue weighted by atomic mass is 32.1. The largest absolute Gasteiger partial charge is 0.390 e. The molecule has 6 heteroatoms. The molecule has 1 aromatic carbocycles. The first-order valence-electron chi connectivity index (χ1n) is 5.05. The number of hydrogen-bond donors (Lipinski definition) is 3. The minimum atomic E-state index is -1.18. The molecule has 0 radical (unpaired) electrons. The number of aliphatic hydroxyl groups excluding tert-OH is 2. The summed E-state index contributed by atoms with van der Waals surface area (Å²) in [5, 5.41) is 19.5. The Hall–Kier alpha value is -1.50. The Morgan fingerprint density at radius 1 is 1.47 bits per heavy atom. The van der Waals surface area contributed by atoms with Crippen LogP contribution < -0.4 is 5.73 Å². The zero-order valence-corrected chi connectivity index (χ0v) is 9.72. The lowest BCUT2D eigenvalue weighted by Gasteiger charge is -2.16. The molecule has 0 fully saturated rings. The molecule has 0 aliphatic carbocycles. The Bertz CT molecular complexity index is 540. The van der Waals surface area contributed by atoms with Crippen molar-refractivity contribution in [3.63, 3.8) is 0 Å². The van der Waals surface area contributed by atoms with Crippen molar-refractivity contribution in [2.45, 2.75) is 18.6 Å². The maximum Gasteiger partial charge on any atom is 0.220 e. The van der Waals surface area contributed by atoms with Crippen LogP contribution in [0.25, 0.3) is 10.2 Å². The van der Waals surface area contributed by atoms with E-state index in [1.54, 1.807) is 23.7 Å². The number of aliphatic hydroxyl groups is 2. The van der Waals surface area contributed by atoms with Gasteiger partial charge in [-0.2, -0.15) is 0 Å². The molecule has 0 saturated heterocycles. The van der Waals surface area contributed by atoms with Gasteiger partial charge in [-0.3, -0.25) is 4.79 Å². The molecule has 90 valence electrons. The van der Waals surface area contributed by atoms with Crippen LogP contribution in [0.4, 0.5) is 0 Å². The Kier molecular flexibility index (Phi) is 3.37. The van der Waals surface area contributed by atoms with E-state index in [0.29, 0.717) is 5.56 Å². The predicted octanol–water partition coefficient (Wildman–Crippen LogP) is 0.566. The molecule has 2 aromatic rings. The molecule has 17 heavy (non-hydrogen) atoms. The van der Waals surface area contributed by atoms with Gasteiger partial charge >= 0.3 is 0 Å². The fourth-order valence-corrected chi connectivity index (χ4v) is 2.32. The van der Waals surface area contributed by atoms with Crippen molar-refractivity contribution in [1.29, 1.82) is 0 Å². The number of nitrogens with zero attached hydrogens (tertiary/aromatic N) is 1. The third-order valence-electron chi connectivity index (χ3n) is 2.47. The van der Waals surface area contributed by atoms with Crippen molar-refractivity contribution in [3.8, 4) is 0 Å². The van der Waals surface area contributed by atoms with E-state index in [9.17, 15) is 15.0 Å². The maximum atomic E-state index is 10.7. The van der Waals surface area contributed by atoms with Crippen LogP contribution >= 0.6 is 11.3 Å². The molecule has 2 unspecified atom stereocenters. The fourth-order valence-electron chi connectivity index (χ4n) is 1.60. The fraction of sp³-hybridized carbons (Fsp3) is 0.273. The molecule has 0 bridgehead atoms. The molecule has 4 N–H and O–H groups in total. The van der Waals surface area contributed by atoms with Gasteiger partial charge in [-0.1, -0.05) is 6.07 Å². The Labute approximate surface area is 102 Å². The zero-order valence-electron chi connectivity index (χ0n) is 8.91. The molecule has 2 atom stereocenters. The first-order chi connectivity index (χ1) is 8.08. The van der Waals surface area contributed by atoms with Crippen LogP contribution in [0.2, 0.25) is 0 Å². The van der Waals surface area contributed by atoms with Crippen molar-refractivity contribution in [2.24, 2.45) is 5.73 Å². The van der Waals surface area contributed by atoms with Gasteiger partial charge in [0.15, 0.2) is 0 Å². The van der Waals surface area contributed by atoms with Crippen LogP contribution in [0.3, 0.4) is 0 Å². The Morgan fingerprint density at radius 2 is 2.24 bits per heavy atom. The molecule has 0 aliphatic heterocycles. The van der Waals surface area contributed by atoms with E-state index in [1.807, 2.05) is 0 Å². The van der Waals surface area contributed by atoms with E-state index in [4.69, 9.17) is 5.73 Å². The van der Waals surface area contributed by atoms with E-state index >= 15 is 0 Å². The first kappa shape index (κ1) is 12.0. The topological polar surface area (TPSA) is 96.4 Å². The average molecular weight is 252 g/mol. The van der Waals surface area contributed by atoms with Gasteiger partial charge in [-0.25, -0.2) is 4.98 Å². The number of aromatic nitrogens is 1. The highest BCUT2D eigenvalue weighted by Crippen LogP contribution is 2.25. The zero-order chi connectivity index (χ0) is 12.4. The summed E-state index contributed by atoms with van der Waals surface area (Å²) in [4.78, 5) is 14.8. The second-order valence-corrected chi connectivity index (χ2v) is 4.65. The summed E-state index contributed by atoms with van der Waals surface area (Å²) < 4.78 is 0.924. The van der Waals surface area contributed by atoms with Crippen molar-refractivity contribution < 1.29 is 15.0 Å². The van der Waals surface area contributed by atoms with Crippen molar-refractivity contribution in [1.82, 2.24) is 4.98 Å². The monoisotopic (exact) mass is 252 g/mol. The molecule has 1 heterocycles. The number of hydrogen-bond acceptors (Lipinski definition) is 5. The number of carbonyl (C=O) groups is 1. The molecule has 1 aromatic heterocycles. The number of amides is 1. The average Bonchev–Trinajstić information content (AvgIpc) is 2.73. The second kappa shape index (κ2) is 4.79. The van der Waals surface area contributed by atoms with Crippen LogP contribution in [0.15, 0.2) is 23.7 Å². The van der Waals surface area contributed by atoms with Crippen LogP contribution in [-0.2, 0) is 4.79 Å². The highest BCUT2D eigenvalue weighted by Gasteiger charge is 2.20. The molecule has 0 aliphatic rings. The third-order valence-corrected chi connectivity index (χ3v) is 3.26. The standard InChI is InChI=1S/C11H12N2O3S/c12-10(15)4-8(14)11(16)6-1-2-7-9(3-6)17-5-13-7/h1-3,5,8,11,14,16H,4H2,(H2,12,15). The number of fused-ring (bicyclic) bond motifs is 1. The van der Waals surface area contributed by atoms with Crippen molar-refractivity contribution in [3.05, 3.63) is 29.3 Å². The van der Waals surface area contributed by atoms with Gasteiger partial charge in [-0.05, 0) is 17.7 Å². The molecule has 0 saturated carbocycles. The molecule has 2 rings (SSSR count). The number of primary amides is 1. The summed E-state index contributed by atoms with van der Waals surface area (Å²) in [5.74, 6) is -0.643. The first-order valence-corrected chi connectivity index (χ1v) is 5.93. The number of nitrogens with two attached hydrogens (primary N) is 1. The summed E-state index contributed by atoms with van der Waals surface area (Å²) in [6.07, 6.45) is -2.56. The van der Waals surface area contributed by atoms with Gasteiger partial charge in [0.05, 0.1) is 28.3 Å². The van der Waals surface area contributed by atoms with E-state index < -0.39 is 18.1 Å². The molecular weight excluding hydrogens is 240 g/mol. The van der Waals surface area contributed by atoms with Gasteiger partial charge in [0.25, 0.3) is 0 Å². The maximum absolute atomic E-state index is 10.7. The SMILES string of the molecule is NC(=O)CC(O)C(O)c1ccc2ncsc2c1. The van der Waals surface area contributed by atoms with Gasteiger partial charge in [0.1, 0.15) is 6.10 Å². The molecule has 1 amide bonds. The van der Waals surface area contributed by atoms with Gasteiger partial charge < -0.3 is 15.9 Å². The van der Waals surface area contributed by atoms with Crippen molar-refractivity contribution in [2.75, 3.05) is 0 Å². The number of rotatable bonds is 4. The lowest BCUT2D eigenvalue weighted by atomic mass is 10.0. The smallest absolute Gasteiger partial charge is 0.220 e. The van der Waals surface area contributed by atoms with E-state index in [0.717, 1.165) is 10.2 Å². The van der Waals surface area contributed by atoms with Crippen LogP contribution in [-0.4, -0.2) is 27.2 Å². The van der Waals surface area contributed by atoms with Crippen LogP contribution in [0, 0.1) is 0 Å². The van der Waals surface area contributed by atoms with Crippen molar-refractivity contribution >= 4 is 27.5 Å². The lowest BCUT2D eigenvalue weighted by molar-refractivity contribution is -0.121. The number of thiazole rings is 1. The highest BCUT2D eigenvalue weighted by molar-refractivity contribution is 7.16. The van der Waals surface area contributed by atoms with Crippen LogP contribution in [0.1, 0.15) is 18.1 Å². The Morgan fingerprint density at radius 3 is 2.94 bits per heavy atom. The summed E-state index contributed by atoms with van der Waals surface area (Å²) in [6, 6.07) is 5.19. The lowest BCUT2D eigenvalue weighted by Crippen LogP contribution is -2.25. The third kappa shape index (κ3) is 2.60. The van der Waals surface area contributed by atoms with E-state index in [-0.39, 0.29) is 6.42 Å². The summed E-state index contributed by atoms with van der Waals surface area (Å²) >= 11 is 1.45. The Balaban J connectivity index is 2.23. The normalized spacial score (nSPS) is 14.7. The van der Waals surface area contributed by atoms with E-state index in [1.165, 1.54) is 11.3 Å². The summed E-state index contributed by atoms with van der Waals surface area (Å²) in [7, 11) is 0. The summed E-state index contributed by atoms with van der Waals surface area (Å²) in [5.41, 5.74) is 8.07. The predicted molar refractivity (Wildman–Crippen MR) is 64.4 cm³/mol. The second-order valence-electron chi connectivity index (χ2n) is 3.76. The van der Waals surface area contributed by atoms with Crippen LogP contribution in [0.5, 0.6) is 0 Å². The molecule has 5 nitrogen and oxygen atoms in total. The molecule has 0 spiro atoms. The number of carbonyl (C=O) groups excluding carboxylic acids is 1.